The van der Waals surface area contributed by atoms with E-state index in [1.54, 1.807) is 12.1 Å². The monoisotopic (exact) mass is 300 g/mol. The van der Waals surface area contributed by atoms with E-state index >= 15 is 0 Å². The van der Waals surface area contributed by atoms with Crippen LogP contribution in [0.5, 0.6) is 0 Å². The van der Waals surface area contributed by atoms with Gasteiger partial charge in [-0.15, -0.1) is 0 Å². The van der Waals surface area contributed by atoms with Crippen LogP contribution in [-0.4, -0.2) is 19.6 Å². The standard InChI is InChI=1S/C16H23F3N2/c1-3-20-10-13-6-7-15(14(9-13)16(17,18)19)21-8-4-5-12(2)11-21/h6-7,9,12,20H,3-5,8,10-11H2,1-2H3. The summed E-state index contributed by atoms with van der Waals surface area (Å²) in [5.74, 6) is 0.446. The summed E-state index contributed by atoms with van der Waals surface area (Å²) in [6.45, 7) is 6.66. The summed E-state index contributed by atoms with van der Waals surface area (Å²) < 4.78 is 40.1. The van der Waals surface area contributed by atoms with E-state index in [1.807, 2.05) is 11.8 Å². The Labute approximate surface area is 124 Å². The van der Waals surface area contributed by atoms with Crippen molar-refractivity contribution in [2.45, 2.75) is 39.4 Å². The molecular weight excluding hydrogens is 277 g/mol. The van der Waals surface area contributed by atoms with Gasteiger partial charge in [0.25, 0.3) is 0 Å². The third kappa shape index (κ3) is 4.13. The van der Waals surface area contributed by atoms with E-state index in [2.05, 4.69) is 12.2 Å². The predicted molar refractivity (Wildman–Crippen MR) is 79.4 cm³/mol. The van der Waals surface area contributed by atoms with Crippen molar-refractivity contribution in [2.24, 2.45) is 5.92 Å². The molecule has 2 nitrogen and oxygen atoms in total. The number of nitrogens with zero attached hydrogens (tertiary/aromatic N) is 1. The van der Waals surface area contributed by atoms with Crippen molar-refractivity contribution in [3.05, 3.63) is 29.3 Å². The lowest BCUT2D eigenvalue weighted by molar-refractivity contribution is -0.137. The highest BCUT2D eigenvalue weighted by Crippen LogP contribution is 2.38. The van der Waals surface area contributed by atoms with Gasteiger partial charge in [0.2, 0.25) is 0 Å². The Morgan fingerprint density at radius 2 is 2.10 bits per heavy atom. The van der Waals surface area contributed by atoms with Gasteiger partial charge in [-0.1, -0.05) is 19.9 Å². The molecule has 21 heavy (non-hydrogen) atoms. The molecule has 2 rings (SSSR count). The summed E-state index contributed by atoms with van der Waals surface area (Å²) in [4.78, 5) is 1.88. The van der Waals surface area contributed by atoms with Crippen LogP contribution in [0.1, 0.15) is 37.8 Å². The molecule has 1 N–H and O–H groups in total. The van der Waals surface area contributed by atoms with Gasteiger partial charge < -0.3 is 10.2 Å². The quantitative estimate of drug-likeness (QED) is 0.902. The van der Waals surface area contributed by atoms with Crippen molar-refractivity contribution < 1.29 is 13.2 Å². The normalized spacial score (nSPS) is 19.9. The second kappa shape index (κ2) is 6.69. The lowest BCUT2D eigenvalue weighted by Gasteiger charge is -2.34. The second-order valence-electron chi connectivity index (χ2n) is 5.82. The van der Waals surface area contributed by atoms with Crippen LogP contribution >= 0.6 is 0 Å². The van der Waals surface area contributed by atoms with Crippen LogP contribution < -0.4 is 10.2 Å². The third-order valence-corrected chi connectivity index (χ3v) is 3.94. The van der Waals surface area contributed by atoms with E-state index in [9.17, 15) is 13.2 Å². The Morgan fingerprint density at radius 3 is 2.71 bits per heavy atom. The first-order valence-corrected chi connectivity index (χ1v) is 7.57. The second-order valence-corrected chi connectivity index (χ2v) is 5.82. The summed E-state index contributed by atoms with van der Waals surface area (Å²) in [6.07, 6.45) is -2.26. The summed E-state index contributed by atoms with van der Waals surface area (Å²) in [5, 5.41) is 3.07. The van der Waals surface area contributed by atoms with Crippen molar-refractivity contribution in [3.8, 4) is 0 Å². The minimum absolute atomic E-state index is 0.328. The first kappa shape index (κ1) is 16.1. The number of alkyl halides is 3. The van der Waals surface area contributed by atoms with Gasteiger partial charge in [0, 0.05) is 25.3 Å². The smallest absolute Gasteiger partial charge is 0.371 e. The van der Waals surface area contributed by atoms with Gasteiger partial charge in [-0.3, -0.25) is 0 Å². The maximum atomic E-state index is 13.4. The number of hydrogen-bond donors (Lipinski definition) is 1. The third-order valence-electron chi connectivity index (χ3n) is 3.94. The molecule has 0 amide bonds. The van der Waals surface area contributed by atoms with E-state index in [1.165, 1.54) is 6.07 Å². The molecule has 0 radical (unpaired) electrons. The fourth-order valence-electron chi connectivity index (χ4n) is 2.87. The van der Waals surface area contributed by atoms with Crippen LogP contribution in [0.4, 0.5) is 18.9 Å². The SMILES string of the molecule is CCNCc1ccc(N2CCCC(C)C2)c(C(F)(F)F)c1. The van der Waals surface area contributed by atoms with Gasteiger partial charge in [0.05, 0.1) is 5.56 Å². The Hall–Kier alpha value is -1.23. The molecule has 0 aromatic heterocycles. The van der Waals surface area contributed by atoms with Crippen LogP contribution in [0.2, 0.25) is 0 Å². The molecule has 118 valence electrons. The molecule has 1 aromatic rings. The van der Waals surface area contributed by atoms with Crippen molar-refractivity contribution in [3.63, 3.8) is 0 Å². The number of nitrogens with one attached hydrogen (secondary N) is 1. The topological polar surface area (TPSA) is 15.3 Å². The molecule has 1 fully saturated rings. The zero-order valence-corrected chi connectivity index (χ0v) is 12.6. The van der Waals surface area contributed by atoms with E-state index in [-0.39, 0.29) is 0 Å². The molecule has 1 saturated heterocycles. The van der Waals surface area contributed by atoms with E-state index in [0.717, 1.165) is 19.4 Å². The maximum Gasteiger partial charge on any atom is 0.418 e. The van der Waals surface area contributed by atoms with Gasteiger partial charge >= 0.3 is 6.18 Å². The molecule has 1 aliphatic rings. The summed E-state index contributed by atoms with van der Waals surface area (Å²) in [6, 6.07) is 4.72. The molecule has 0 aliphatic carbocycles. The average molecular weight is 300 g/mol. The Kier molecular flexibility index (Phi) is 5.14. The van der Waals surface area contributed by atoms with Gasteiger partial charge in [0.1, 0.15) is 0 Å². The summed E-state index contributed by atoms with van der Waals surface area (Å²) >= 11 is 0. The lowest BCUT2D eigenvalue weighted by atomic mass is 9.98. The van der Waals surface area contributed by atoms with Crippen LogP contribution in [0.15, 0.2) is 18.2 Å². The van der Waals surface area contributed by atoms with Gasteiger partial charge in [-0.25, -0.2) is 0 Å². The number of benzene rings is 1. The average Bonchev–Trinajstić information content (AvgIpc) is 2.44. The van der Waals surface area contributed by atoms with E-state index in [0.29, 0.717) is 36.8 Å². The van der Waals surface area contributed by atoms with E-state index in [4.69, 9.17) is 0 Å². The summed E-state index contributed by atoms with van der Waals surface area (Å²) in [5.41, 5.74) is 0.499. The first-order chi connectivity index (χ1) is 9.91. The molecule has 1 aromatic carbocycles. The summed E-state index contributed by atoms with van der Waals surface area (Å²) in [7, 11) is 0. The molecule has 0 spiro atoms. The largest absolute Gasteiger partial charge is 0.418 e. The molecule has 1 atom stereocenters. The molecule has 5 heteroatoms. The van der Waals surface area contributed by atoms with Crippen LogP contribution in [0.25, 0.3) is 0 Å². The van der Waals surface area contributed by atoms with Crippen LogP contribution in [-0.2, 0) is 12.7 Å². The van der Waals surface area contributed by atoms with Gasteiger partial charge in [0.15, 0.2) is 0 Å². The highest BCUT2D eigenvalue weighted by Gasteiger charge is 2.35. The fraction of sp³-hybridized carbons (Fsp3) is 0.625. The van der Waals surface area contributed by atoms with Gasteiger partial charge in [-0.05, 0) is 43.0 Å². The predicted octanol–water partition coefficient (Wildman–Crippen LogP) is 4.05. The van der Waals surface area contributed by atoms with Crippen LogP contribution in [0, 0.1) is 5.92 Å². The number of anilines is 1. The maximum absolute atomic E-state index is 13.4. The first-order valence-electron chi connectivity index (χ1n) is 7.57. The van der Waals surface area contributed by atoms with Gasteiger partial charge in [-0.2, -0.15) is 13.2 Å². The number of rotatable bonds is 4. The van der Waals surface area contributed by atoms with E-state index < -0.39 is 11.7 Å². The highest BCUT2D eigenvalue weighted by molar-refractivity contribution is 5.56. The molecule has 1 heterocycles. The zero-order chi connectivity index (χ0) is 15.5. The minimum Gasteiger partial charge on any atom is -0.371 e. The van der Waals surface area contributed by atoms with Crippen molar-refractivity contribution in [1.29, 1.82) is 0 Å². The lowest BCUT2D eigenvalue weighted by Crippen LogP contribution is -2.35. The number of hydrogen-bond acceptors (Lipinski definition) is 2. The number of piperidine rings is 1. The van der Waals surface area contributed by atoms with Crippen molar-refractivity contribution in [2.75, 3.05) is 24.5 Å². The molecule has 1 aliphatic heterocycles. The highest BCUT2D eigenvalue weighted by atomic mass is 19.4. The van der Waals surface area contributed by atoms with Crippen molar-refractivity contribution >= 4 is 5.69 Å². The molecule has 0 bridgehead atoms. The minimum atomic E-state index is -4.31. The Morgan fingerprint density at radius 1 is 1.33 bits per heavy atom. The molecule has 1 unspecified atom stereocenters. The van der Waals surface area contributed by atoms with Crippen LogP contribution in [0.3, 0.4) is 0 Å². The Balaban J connectivity index is 2.31. The Bertz CT molecular complexity index is 471. The van der Waals surface area contributed by atoms with Crippen molar-refractivity contribution in [1.82, 2.24) is 5.32 Å². The zero-order valence-electron chi connectivity index (χ0n) is 12.6. The fourth-order valence-corrected chi connectivity index (χ4v) is 2.87. The molecule has 0 saturated carbocycles. The molecular formula is C16H23F3N2. The number of halogens is 3.